The number of piperidine rings is 1. The lowest BCUT2D eigenvalue weighted by atomic mass is 9.98. The largest absolute Gasteiger partial charge is 0.396 e. The van der Waals surface area contributed by atoms with E-state index in [4.69, 9.17) is 0 Å². The van der Waals surface area contributed by atoms with Gasteiger partial charge in [-0.2, -0.15) is 0 Å². The third-order valence-electron chi connectivity index (χ3n) is 5.81. The molecule has 2 aromatic carbocycles. The van der Waals surface area contributed by atoms with Gasteiger partial charge in [-0.05, 0) is 73.9 Å². The Morgan fingerprint density at radius 1 is 1.19 bits per heavy atom. The Kier molecular flexibility index (Phi) is 7.73. The van der Waals surface area contributed by atoms with Crippen molar-refractivity contribution in [1.29, 1.82) is 0 Å². The number of likely N-dealkylation sites (tertiary alicyclic amines) is 1. The maximum absolute atomic E-state index is 13.1. The summed E-state index contributed by atoms with van der Waals surface area (Å²) in [6, 6.07) is 12.2. The number of hydrogen-bond donors (Lipinski definition) is 2. The zero-order valence-corrected chi connectivity index (χ0v) is 19.1. The topological polar surface area (TPSA) is 86.7 Å². The fourth-order valence-electron chi connectivity index (χ4n) is 3.93. The molecule has 0 saturated carbocycles. The first-order chi connectivity index (χ1) is 14.8. The molecular formula is C24H32N2O4S. The number of benzene rings is 2. The summed E-state index contributed by atoms with van der Waals surface area (Å²) in [6.07, 6.45) is 4.92. The molecule has 0 spiro atoms. The number of aliphatic hydroxyl groups excluding tert-OH is 1. The van der Waals surface area contributed by atoms with E-state index < -0.39 is 10.0 Å². The molecule has 2 aromatic rings. The Bertz CT molecular complexity index is 1000. The Balaban J connectivity index is 1.79. The average molecular weight is 445 g/mol. The van der Waals surface area contributed by atoms with Gasteiger partial charge in [-0.15, -0.1) is 0 Å². The smallest absolute Gasteiger partial charge is 0.262 e. The number of nitrogens with zero attached hydrogens (tertiary/aromatic N) is 1. The highest BCUT2D eigenvalue weighted by molar-refractivity contribution is 7.92. The maximum atomic E-state index is 13.1. The van der Waals surface area contributed by atoms with Crippen molar-refractivity contribution in [2.75, 3.05) is 24.4 Å². The SMILES string of the molecule is CCCCc1ccc(NS(=O)(=O)c2cc(C(=O)N3CCCC(CO)C3)ccc2C)cc1. The van der Waals surface area contributed by atoms with Crippen molar-refractivity contribution >= 4 is 21.6 Å². The number of carbonyl (C=O) groups excluding carboxylic acids is 1. The van der Waals surface area contributed by atoms with Crippen LogP contribution in [0, 0.1) is 12.8 Å². The highest BCUT2D eigenvalue weighted by Gasteiger charge is 2.26. The van der Waals surface area contributed by atoms with Crippen molar-refractivity contribution in [2.45, 2.75) is 50.8 Å². The summed E-state index contributed by atoms with van der Waals surface area (Å²) < 4.78 is 28.8. The van der Waals surface area contributed by atoms with Crippen molar-refractivity contribution < 1.29 is 18.3 Å². The zero-order chi connectivity index (χ0) is 22.4. The Hall–Kier alpha value is -2.38. The van der Waals surface area contributed by atoms with Crippen LogP contribution in [-0.2, 0) is 16.4 Å². The number of aryl methyl sites for hydroxylation is 2. The Morgan fingerprint density at radius 3 is 2.61 bits per heavy atom. The van der Waals surface area contributed by atoms with Crippen LogP contribution in [0.1, 0.15) is 54.1 Å². The zero-order valence-electron chi connectivity index (χ0n) is 18.3. The van der Waals surface area contributed by atoms with Crippen LogP contribution in [0.5, 0.6) is 0 Å². The number of amides is 1. The van der Waals surface area contributed by atoms with E-state index in [0.717, 1.165) is 32.1 Å². The van der Waals surface area contributed by atoms with Gasteiger partial charge in [0.05, 0.1) is 4.90 Å². The lowest BCUT2D eigenvalue weighted by molar-refractivity contribution is 0.0620. The molecule has 1 atom stereocenters. The first-order valence-corrected chi connectivity index (χ1v) is 12.4. The second-order valence-electron chi connectivity index (χ2n) is 8.33. The number of unbranched alkanes of at least 4 members (excludes halogenated alkanes) is 1. The van der Waals surface area contributed by atoms with Crippen LogP contribution in [-0.4, -0.2) is 44.0 Å². The van der Waals surface area contributed by atoms with E-state index in [9.17, 15) is 18.3 Å². The first-order valence-electron chi connectivity index (χ1n) is 11.0. The molecule has 3 rings (SSSR count). The molecule has 31 heavy (non-hydrogen) atoms. The normalized spacial score (nSPS) is 16.9. The number of nitrogens with one attached hydrogen (secondary N) is 1. The molecule has 6 nitrogen and oxygen atoms in total. The second-order valence-corrected chi connectivity index (χ2v) is 9.98. The van der Waals surface area contributed by atoms with E-state index in [1.54, 1.807) is 36.1 Å². The van der Waals surface area contributed by atoms with Gasteiger partial charge in [0.2, 0.25) is 0 Å². The van der Waals surface area contributed by atoms with Crippen LogP contribution < -0.4 is 4.72 Å². The van der Waals surface area contributed by atoms with E-state index >= 15 is 0 Å². The second kappa shape index (κ2) is 10.3. The van der Waals surface area contributed by atoms with Gasteiger partial charge in [0.1, 0.15) is 0 Å². The molecule has 7 heteroatoms. The quantitative estimate of drug-likeness (QED) is 0.645. The fraction of sp³-hybridized carbons (Fsp3) is 0.458. The van der Waals surface area contributed by atoms with E-state index in [0.29, 0.717) is 29.9 Å². The molecule has 1 amide bonds. The molecule has 1 heterocycles. The number of anilines is 1. The van der Waals surface area contributed by atoms with Crippen LogP contribution in [0.2, 0.25) is 0 Å². The molecule has 168 valence electrons. The lowest BCUT2D eigenvalue weighted by Gasteiger charge is -2.32. The monoisotopic (exact) mass is 444 g/mol. The minimum atomic E-state index is -3.84. The predicted molar refractivity (Wildman–Crippen MR) is 123 cm³/mol. The number of aliphatic hydroxyl groups is 1. The Morgan fingerprint density at radius 2 is 1.94 bits per heavy atom. The number of rotatable bonds is 8. The third kappa shape index (κ3) is 5.86. The van der Waals surface area contributed by atoms with Crippen molar-refractivity contribution in [3.05, 3.63) is 59.2 Å². The average Bonchev–Trinajstić information content (AvgIpc) is 2.78. The van der Waals surface area contributed by atoms with Gasteiger partial charge >= 0.3 is 0 Å². The van der Waals surface area contributed by atoms with Gasteiger partial charge in [-0.3, -0.25) is 9.52 Å². The van der Waals surface area contributed by atoms with Gasteiger partial charge in [-0.1, -0.05) is 31.5 Å². The lowest BCUT2D eigenvalue weighted by Crippen LogP contribution is -2.41. The number of sulfonamides is 1. The summed E-state index contributed by atoms with van der Waals surface area (Å²) in [5.41, 5.74) is 2.60. The molecule has 1 unspecified atom stereocenters. The molecule has 0 aliphatic carbocycles. The standard InChI is InChI=1S/C24H32N2O4S/c1-3-4-6-19-9-12-22(13-10-19)25-31(29,30)23-15-21(11-8-18(23)2)24(28)26-14-5-7-20(16-26)17-27/h8-13,15,20,25,27H,3-7,14,16-17H2,1-2H3. The number of carbonyl (C=O) groups is 1. The molecule has 2 N–H and O–H groups in total. The molecule has 0 radical (unpaired) electrons. The van der Waals surface area contributed by atoms with Crippen molar-refractivity contribution in [3.63, 3.8) is 0 Å². The molecule has 1 fully saturated rings. The molecule has 1 aliphatic rings. The van der Waals surface area contributed by atoms with E-state index in [1.807, 2.05) is 12.1 Å². The minimum absolute atomic E-state index is 0.0540. The summed E-state index contributed by atoms with van der Waals surface area (Å²) in [5.74, 6) is -0.122. The molecular weight excluding hydrogens is 412 g/mol. The summed E-state index contributed by atoms with van der Waals surface area (Å²) in [7, 11) is -3.84. The van der Waals surface area contributed by atoms with Crippen molar-refractivity contribution in [2.24, 2.45) is 5.92 Å². The summed E-state index contributed by atoms with van der Waals surface area (Å²) in [4.78, 5) is 14.8. The minimum Gasteiger partial charge on any atom is -0.396 e. The fourth-order valence-corrected chi connectivity index (χ4v) is 5.26. The maximum Gasteiger partial charge on any atom is 0.262 e. The van der Waals surface area contributed by atoms with Crippen LogP contribution in [0.25, 0.3) is 0 Å². The highest BCUT2D eigenvalue weighted by Crippen LogP contribution is 2.24. The molecule has 1 saturated heterocycles. The van der Waals surface area contributed by atoms with Crippen molar-refractivity contribution in [3.8, 4) is 0 Å². The highest BCUT2D eigenvalue weighted by atomic mass is 32.2. The Labute approximate surface area is 185 Å². The molecule has 0 aromatic heterocycles. The van der Waals surface area contributed by atoms with E-state index in [-0.39, 0.29) is 23.3 Å². The van der Waals surface area contributed by atoms with Crippen LogP contribution in [0.4, 0.5) is 5.69 Å². The first kappa shape index (κ1) is 23.3. The van der Waals surface area contributed by atoms with Crippen molar-refractivity contribution in [1.82, 2.24) is 4.90 Å². The van der Waals surface area contributed by atoms with Gasteiger partial charge in [0.15, 0.2) is 0 Å². The predicted octanol–water partition coefficient (Wildman–Crippen LogP) is 3.98. The van der Waals surface area contributed by atoms with Gasteiger partial charge < -0.3 is 10.0 Å². The van der Waals surface area contributed by atoms with Gasteiger partial charge in [0, 0.05) is 30.9 Å². The summed E-state index contributed by atoms with van der Waals surface area (Å²) in [5, 5.41) is 9.42. The van der Waals surface area contributed by atoms with Crippen LogP contribution in [0.3, 0.4) is 0 Å². The van der Waals surface area contributed by atoms with Gasteiger partial charge in [-0.25, -0.2) is 8.42 Å². The molecule has 0 bridgehead atoms. The van der Waals surface area contributed by atoms with E-state index in [1.165, 1.54) is 11.6 Å². The number of hydrogen-bond acceptors (Lipinski definition) is 4. The van der Waals surface area contributed by atoms with Gasteiger partial charge in [0.25, 0.3) is 15.9 Å². The third-order valence-corrected chi connectivity index (χ3v) is 7.34. The van der Waals surface area contributed by atoms with Crippen LogP contribution >= 0.6 is 0 Å². The summed E-state index contributed by atoms with van der Waals surface area (Å²) >= 11 is 0. The molecule has 1 aliphatic heterocycles. The van der Waals surface area contributed by atoms with E-state index in [2.05, 4.69) is 11.6 Å². The summed E-state index contributed by atoms with van der Waals surface area (Å²) in [6.45, 7) is 5.03. The van der Waals surface area contributed by atoms with Crippen LogP contribution in [0.15, 0.2) is 47.4 Å².